The van der Waals surface area contributed by atoms with Gasteiger partial charge in [0.2, 0.25) is 0 Å². The Morgan fingerprint density at radius 2 is 1.72 bits per heavy atom. The summed E-state index contributed by atoms with van der Waals surface area (Å²) in [7, 11) is 1.42. The Kier molecular flexibility index (Phi) is 17.5. The minimum atomic E-state index is -0.212. The molecule has 0 aromatic rings. The summed E-state index contributed by atoms with van der Waals surface area (Å²) in [5, 5.41) is 8.83. The minimum absolute atomic E-state index is 0.146. The first-order chi connectivity index (χ1) is 12.2. The van der Waals surface area contributed by atoms with E-state index in [2.05, 4.69) is 46.9 Å². The van der Waals surface area contributed by atoms with E-state index in [0.29, 0.717) is 6.42 Å². The zero-order valence-electron chi connectivity index (χ0n) is 15.7. The largest absolute Gasteiger partial charge is 0.469 e. The van der Waals surface area contributed by atoms with Gasteiger partial charge >= 0.3 is 5.97 Å². The molecular weight excluding hydrogens is 316 g/mol. The molecule has 0 heterocycles. The molecule has 0 aliphatic rings. The van der Waals surface area contributed by atoms with E-state index in [1.165, 1.54) is 7.11 Å². The van der Waals surface area contributed by atoms with Crippen LogP contribution in [-0.4, -0.2) is 24.4 Å². The van der Waals surface area contributed by atoms with Crippen LogP contribution in [0.4, 0.5) is 0 Å². The first-order valence-electron chi connectivity index (χ1n) is 9.24. The van der Waals surface area contributed by atoms with Gasteiger partial charge in [-0.1, -0.05) is 74.8 Å². The van der Waals surface area contributed by atoms with Crippen LogP contribution in [0.2, 0.25) is 0 Å². The Balaban J connectivity index is 3.70. The molecule has 0 radical (unpaired) electrons. The van der Waals surface area contributed by atoms with Gasteiger partial charge in [0.1, 0.15) is 6.10 Å². The molecule has 4 nitrogen and oxygen atoms in total. The quantitative estimate of drug-likeness (QED) is 0.102. The van der Waals surface area contributed by atoms with Crippen molar-refractivity contribution < 1.29 is 19.7 Å². The topological polar surface area (TPSA) is 55.8 Å². The van der Waals surface area contributed by atoms with E-state index in [4.69, 9.17) is 5.26 Å². The van der Waals surface area contributed by atoms with E-state index in [1.807, 2.05) is 18.2 Å². The van der Waals surface area contributed by atoms with Crippen molar-refractivity contribution in [3.63, 3.8) is 0 Å². The van der Waals surface area contributed by atoms with Gasteiger partial charge in [-0.3, -0.25) is 10.1 Å². The number of unbranched alkanes of at least 4 members (excludes halogenated alkanes) is 3. The van der Waals surface area contributed by atoms with Crippen LogP contribution in [-0.2, 0) is 14.4 Å². The number of carbonyl (C=O) groups is 1. The molecule has 0 bridgehead atoms. The van der Waals surface area contributed by atoms with E-state index in [1.54, 1.807) is 0 Å². The number of carbonyl (C=O) groups excluding carboxylic acids is 1. The highest BCUT2D eigenvalue weighted by atomic mass is 17.1. The molecule has 0 amide bonds. The zero-order valence-corrected chi connectivity index (χ0v) is 15.7. The summed E-state index contributed by atoms with van der Waals surface area (Å²) in [5.74, 6) is -0.146. The zero-order chi connectivity index (χ0) is 18.6. The molecule has 0 aliphatic carbocycles. The molecular formula is C21H34O4. The van der Waals surface area contributed by atoms with Gasteiger partial charge in [-0.15, -0.1) is 0 Å². The van der Waals surface area contributed by atoms with Crippen LogP contribution in [0.3, 0.4) is 0 Å². The van der Waals surface area contributed by atoms with Gasteiger partial charge in [0.15, 0.2) is 0 Å². The number of ether oxygens (including phenoxy) is 1. The molecule has 4 heteroatoms. The van der Waals surface area contributed by atoms with E-state index < -0.39 is 0 Å². The van der Waals surface area contributed by atoms with Crippen molar-refractivity contribution in [2.75, 3.05) is 7.11 Å². The van der Waals surface area contributed by atoms with Crippen LogP contribution in [0.5, 0.6) is 0 Å². The lowest BCUT2D eigenvalue weighted by atomic mass is 10.1. The Bertz CT molecular complexity index is 422. The average molecular weight is 350 g/mol. The van der Waals surface area contributed by atoms with E-state index >= 15 is 0 Å². The highest BCUT2D eigenvalue weighted by Gasteiger charge is 2.02. The van der Waals surface area contributed by atoms with Crippen LogP contribution in [0.25, 0.3) is 0 Å². The van der Waals surface area contributed by atoms with Gasteiger partial charge < -0.3 is 4.74 Å². The Labute approximate surface area is 152 Å². The third-order valence-electron chi connectivity index (χ3n) is 3.66. The van der Waals surface area contributed by atoms with Gasteiger partial charge in [0.05, 0.1) is 7.11 Å². The number of hydrogen-bond acceptors (Lipinski definition) is 4. The molecule has 1 atom stereocenters. The van der Waals surface area contributed by atoms with E-state index in [0.717, 1.165) is 51.4 Å². The number of methoxy groups -OCH3 is 1. The summed E-state index contributed by atoms with van der Waals surface area (Å²) >= 11 is 0. The van der Waals surface area contributed by atoms with E-state index in [-0.39, 0.29) is 12.1 Å². The van der Waals surface area contributed by atoms with Crippen molar-refractivity contribution in [1.29, 1.82) is 0 Å². The van der Waals surface area contributed by atoms with Gasteiger partial charge in [-0.2, -0.15) is 0 Å². The lowest BCUT2D eigenvalue weighted by Gasteiger charge is -2.07. The molecule has 0 saturated heterocycles. The number of allylic oxidation sites excluding steroid dienone is 7. The van der Waals surface area contributed by atoms with Crippen LogP contribution in [0.15, 0.2) is 48.6 Å². The van der Waals surface area contributed by atoms with E-state index in [9.17, 15) is 4.79 Å². The number of rotatable bonds is 15. The number of esters is 1. The second kappa shape index (κ2) is 18.7. The monoisotopic (exact) mass is 350 g/mol. The predicted molar refractivity (Wildman–Crippen MR) is 103 cm³/mol. The molecule has 0 saturated carbocycles. The van der Waals surface area contributed by atoms with Gasteiger partial charge in [0.25, 0.3) is 0 Å². The molecule has 0 aromatic carbocycles. The Hall–Kier alpha value is -1.65. The molecule has 0 fully saturated rings. The molecule has 0 spiro atoms. The third-order valence-corrected chi connectivity index (χ3v) is 3.66. The Morgan fingerprint density at radius 3 is 2.40 bits per heavy atom. The maximum Gasteiger partial charge on any atom is 0.305 e. The summed E-state index contributed by atoms with van der Waals surface area (Å²) in [6.45, 7) is 2.15. The van der Waals surface area contributed by atoms with Crippen molar-refractivity contribution in [3.05, 3.63) is 48.6 Å². The van der Waals surface area contributed by atoms with Crippen molar-refractivity contribution in [2.45, 2.75) is 70.8 Å². The maximum atomic E-state index is 10.9. The van der Waals surface area contributed by atoms with Crippen LogP contribution >= 0.6 is 0 Å². The molecule has 1 unspecified atom stereocenters. The SMILES string of the molecule is CCCCCC(/C=C/C=C/C/C=C/C/C=C/CCCC(=O)OC)OO. The van der Waals surface area contributed by atoms with Crippen LogP contribution in [0, 0.1) is 0 Å². The lowest BCUT2D eigenvalue weighted by Crippen LogP contribution is -2.06. The fourth-order valence-electron chi connectivity index (χ4n) is 2.15. The maximum absolute atomic E-state index is 10.9. The summed E-state index contributed by atoms with van der Waals surface area (Å²) in [5.41, 5.74) is 0. The summed E-state index contributed by atoms with van der Waals surface area (Å²) in [6, 6.07) is 0. The van der Waals surface area contributed by atoms with Crippen molar-refractivity contribution in [2.24, 2.45) is 0 Å². The lowest BCUT2D eigenvalue weighted by molar-refractivity contribution is -0.267. The number of hydrogen-bond donors (Lipinski definition) is 1. The second-order valence-corrected chi connectivity index (χ2v) is 5.84. The highest BCUT2D eigenvalue weighted by Crippen LogP contribution is 2.07. The summed E-state index contributed by atoms with van der Waals surface area (Å²) in [6.07, 6.45) is 24.3. The van der Waals surface area contributed by atoms with Crippen LogP contribution < -0.4 is 0 Å². The first-order valence-corrected chi connectivity index (χ1v) is 9.24. The van der Waals surface area contributed by atoms with Crippen LogP contribution in [0.1, 0.15) is 64.7 Å². The highest BCUT2D eigenvalue weighted by molar-refractivity contribution is 5.69. The van der Waals surface area contributed by atoms with Gasteiger partial charge in [-0.05, 0) is 32.1 Å². The average Bonchev–Trinajstić information content (AvgIpc) is 2.63. The molecule has 0 aliphatic heterocycles. The predicted octanol–water partition coefficient (Wildman–Crippen LogP) is 5.77. The van der Waals surface area contributed by atoms with Crippen molar-refractivity contribution in [1.82, 2.24) is 0 Å². The first kappa shape index (κ1) is 23.4. The fourth-order valence-corrected chi connectivity index (χ4v) is 2.15. The van der Waals surface area contributed by atoms with Crippen molar-refractivity contribution in [3.8, 4) is 0 Å². The molecule has 142 valence electrons. The fraction of sp³-hybridized carbons (Fsp3) is 0.571. The summed E-state index contributed by atoms with van der Waals surface area (Å²) < 4.78 is 4.59. The summed E-state index contributed by atoms with van der Waals surface area (Å²) in [4.78, 5) is 15.4. The van der Waals surface area contributed by atoms with Gasteiger partial charge in [-0.25, -0.2) is 4.89 Å². The molecule has 1 N–H and O–H groups in total. The smallest absolute Gasteiger partial charge is 0.305 e. The van der Waals surface area contributed by atoms with Crippen molar-refractivity contribution >= 4 is 5.97 Å². The van der Waals surface area contributed by atoms with Gasteiger partial charge in [0, 0.05) is 6.42 Å². The Morgan fingerprint density at radius 1 is 1.00 bits per heavy atom. The molecule has 0 aromatic heterocycles. The molecule has 0 rings (SSSR count). The normalized spacial score (nSPS) is 13.6. The molecule has 25 heavy (non-hydrogen) atoms. The standard InChI is InChI=1S/C21H34O4/c1-3-4-14-17-20(25-23)18-15-12-10-8-6-5-7-9-11-13-16-19-21(22)24-2/h5-6,9-12,15,18,20,23H,3-4,7-8,13-14,16-17,19H2,1-2H3/b6-5+,11-9+,12-10+,18-15+. The third kappa shape index (κ3) is 17.0. The second-order valence-electron chi connectivity index (χ2n) is 5.84. The minimum Gasteiger partial charge on any atom is -0.469 e.